The van der Waals surface area contributed by atoms with Crippen LogP contribution in [-0.4, -0.2) is 14.7 Å². The Balaban J connectivity index is 2.22. The molecule has 0 saturated heterocycles. The molecule has 0 fully saturated rings. The van der Waals surface area contributed by atoms with Gasteiger partial charge in [0.05, 0.1) is 5.69 Å². The molecule has 2 aromatic rings. The summed E-state index contributed by atoms with van der Waals surface area (Å²) in [6, 6.07) is 7.16. The first kappa shape index (κ1) is 10.5. The van der Waals surface area contributed by atoms with Gasteiger partial charge in [0.25, 0.3) is 0 Å². The van der Waals surface area contributed by atoms with Gasteiger partial charge in [0.15, 0.2) is 0 Å². The average molecular weight is 218 g/mol. The van der Waals surface area contributed by atoms with Crippen molar-refractivity contribution < 1.29 is 9.84 Å². The van der Waals surface area contributed by atoms with E-state index < -0.39 is 0 Å². The third-order valence-corrected chi connectivity index (χ3v) is 2.25. The molecule has 0 amide bonds. The van der Waals surface area contributed by atoms with Crippen molar-refractivity contribution in [3.63, 3.8) is 0 Å². The predicted octanol–water partition coefficient (Wildman–Crippen LogP) is 2.71. The van der Waals surface area contributed by atoms with Crippen LogP contribution in [0.15, 0.2) is 30.5 Å². The molecule has 0 unspecified atom stereocenters. The lowest BCUT2D eigenvalue weighted by molar-refractivity contribution is 0.413. The third-order valence-electron chi connectivity index (χ3n) is 2.25. The van der Waals surface area contributed by atoms with E-state index in [-0.39, 0.29) is 5.75 Å². The van der Waals surface area contributed by atoms with Crippen LogP contribution in [0.2, 0.25) is 0 Å². The molecular formula is C12H14N2O2. The maximum Gasteiger partial charge on any atom is 0.302 e. The molecular weight excluding hydrogens is 204 g/mol. The fraction of sp³-hybridized carbons (Fsp3) is 0.250. The summed E-state index contributed by atoms with van der Waals surface area (Å²) in [6.07, 6.45) is 1.94. The summed E-state index contributed by atoms with van der Waals surface area (Å²) in [4.78, 5) is 4.28. The van der Waals surface area contributed by atoms with Crippen molar-refractivity contribution in [1.82, 2.24) is 9.55 Å². The predicted molar refractivity (Wildman–Crippen MR) is 60.8 cm³/mol. The average Bonchev–Trinajstić information content (AvgIpc) is 2.62. The van der Waals surface area contributed by atoms with E-state index in [0.29, 0.717) is 11.8 Å². The number of benzene rings is 1. The lowest BCUT2D eigenvalue weighted by Gasteiger charge is -2.06. The first-order valence-electron chi connectivity index (χ1n) is 5.19. The number of nitrogens with zero attached hydrogens (tertiary/aromatic N) is 2. The lowest BCUT2D eigenvalue weighted by atomic mass is 10.3. The highest BCUT2D eigenvalue weighted by molar-refractivity contribution is 5.32. The summed E-state index contributed by atoms with van der Waals surface area (Å²) in [6.45, 7) is 4.77. The maximum atomic E-state index is 9.15. The Kier molecular flexibility index (Phi) is 2.81. The van der Waals surface area contributed by atoms with E-state index in [0.717, 1.165) is 12.2 Å². The zero-order chi connectivity index (χ0) is 11.5. The van der Waals surface area contributed by atoms with Crippen LogP contribution in [0.1, 0.15) is 12.6 Å². The Morgan fingerprint density at radius 3 is 2.62 bits per heavy atom. The Hall–Kier alpha value is -1.97. The molecule has 0 radical (unpaired) electrons. The van der Waals surface area contributed by atoms with Crippen LogP contribution >= 0.6 is 0 Å². The molecule has 1 heterocycles. The van der Waals surface area contributed by atoms with Crippen molar-refractivity contribution in [2.75, 3.05) is 0 Å². The van der Waals surface area contributed by atoms with Gasteiger partial charge >= 0.3 is 6.01 Å². The minimum absolute atomic E-state index is 0.224. The van der Waals surface area contributed by atoms with Gasteiger partial charge in [0.2, 0.25) is 0 Å². The Morgan fingerprint density at radius 2 is 2.00 bits per heavy atom. The van der Waals surface area contributed by atoms with Crippen molar-refractivity contribution in [3.8, 4) is 17.5 Å². The fourth-order valence-electron chi connectivity index (χ4n) is 1.45. The molecule has 16 heavy (non-hydrogen) atoms. The monoisotopic (exact) mass is 218 g/mol. The number of phenols is 1. The topological polar surface area (TPSA) is 47.3 Å². The molecule has 0 atom stereocenters. The number of aromatic nitrogens is 2. The van der Waals surface area contributed by atoms with Crippen LogP contribution in [0.25, 0.3) is 0 Å². The first-order chi connectivity index (χ1) is 7.69. The lowest BCUT2D eigenvalue weighted by Crippen LogP contribution is -1.96. The van der Waals surface area contributed by atoms with Crippen LogP contribution in [0.3, 0.4) is 0 Å². The summed E-state index contributed by atoms with van der Waals surface area (Å²) in [5.41, 5.74) is 0.927. The largest absolute Gasteiger partial charge is 0.508 e. The molecule has 0 aliphatic carbocycles. The van der Waals surface area contributed by atoms with Crippen LogP contribution in [0.4, 0.5) is 0 Å². The normalized spacial score (nSPS) is 10.4. The summed E-state index contributed by atoms with van der Waals surface area (Å²) >= 11 is 0. The molecule has 4 nitrogen and oxygen atoms in total. The van der Waals surface area contributed by atoms with Crippen molar-refractivity contribution in [2.45, 2.75) is 20.4 Å². The van der Waals surface area contributed by atoms with Gasteiger partial charge in [-0.2, -0.15) is 0 Å². The van der Waals surface area contributed by atoms with Crippen molar-refractivity contribution in [1.29, 1.82) is 0 Å². The van der Waals surface area contributed by atoms with E-state index in [1.54, 1.807) is 24.3 Å². The molecule has 0 bridgehead atoms. The molecule has 0 spiro atoms. The minimum Gasteiger partial charge on any atom is -0.508 e. The van der Waals surface area contributed by atoms with Gasteiger partial charge in [-0.25, -0.2) is 4.98 Å². The highest BCUT2D eigenvalue weighted by atomic mass is 16.5. The number of phenolic OH excluding ortho intramolecular Hbond substituents is 1. The van der Waals surface area contributed by atoms with Crippen molar-refractivity contribution in [3.05, 3.63) is 36.2 Å². The second-order valence-corrected chi connectivity index (χ2v) is 3.55. The van der Waals surface area contributed by atoms with Gasteiger partial charge in [0.1, 0.15) is 11.5 Å². The van der Waals surface area contributed by atoms with E-state index in [4.69, 9.17) is 9.84 Å². The maximum absolute atomic E-state index is 9.15. The van der Waals surface area contributed by atoms with E-state index >= 15 is 0 Å². The zero-order valence-electron chi connectivity index (χ0n) is 9.34. The highest BCUT2D eigenvalue weighted by Crippen LogP contribution is 2.22. The summed E-state index contributed by atoms with van der Waals surface area (Å²) in [7, 11) is 0. The Labute approximate surface area is 94.1 Å². The molecule has 1 N–H and O–H groups in total. The molecule has 0 aliphatic heterocycles. The van der Waals surface area contributed by atoms with E-state index in [1.807, 2.05) is 24.6 Å². The molecule has 1 aromatic carbocycles. The number of aromatic hydroxyl groups is 1. The van der Waals surface area contributed by atoms with Gasteiger partial charge in [-0.3, -0.25) is 0 Å². The molecule has 1 aromatic heterocycles. The van der Waals surface area contributed by atoms with E-state index in [2.05, 4.69) is 4.98 Å². The van der Waals surface area contributed by atoms with Gasteiger partial charge in [-0.15, -0.1) is 0 Å². The number of rotatable bonds is 3. The van der Waals surface area contributed by atoms with Crippen LogP contribution < -0.4 is 4.74 Å². The number of aryl methyl sites for hydroxylation is 2. The quantitative estimate of drug-likeness (QED) is 0.861. The van der Waals surface area contributed by atoms with Crippen LogP contribution in [-0.2, 0) is 6.54 Å². The standard InChI is InChI=1S/C12H14N2O2/c1-3-14-8-9(2)13-12(14)16-11-6-4-10(15)5-7-11/h4-8,15H,3H2,1-2H3. The van der Waals surface area contributed by atoms with Gasteiger partial charge < -0.3 is 14.4 Å². The molecule has 84 valence electrons. The van der Waals surface area contributed by atoms with Crippen molar-refractivity contribution in [2.24, 2.45) is 0 Å². The Morgan fingerprint density at radius 1 is 1.31 bits per heavy atom. The molecule has 2 rings (SSSR count). The first-order valence-corrected chi connectivity index (χ1v) is 5.19. The fourth-order valence-corrected chi connectivity index (χ4v) is 1.45. The second-order valence-electron chi connectivity index (χ2n) is 3.55. The Bertz CT molecular complexity index is 474. The van der Waals surface area contributed by atoms with Crippen LogP contribution in [0.5, 0.6) is 17.5 Å². The SMILES string of the molecule is CCn1cc(C)nc1Oc1ccc(O)cc1. The summed E-state index contributed by atoms with van der Waals surface area (Å²) < 4.78 is 7.55. The summed E-state index contributed by atoms with van der Waals surface area (Å²) in [5.74, 6) is 0.889. The zero-order valence-corrected chi connectivity index (χ0v) is 9.34. The van der Waals surface area contributed by atoms with E-state index in [9.17, 15) is 0 Å². The number of ether oxygens (including phenoxy) is 1. The third kappa shape index (κ3) is 2.16. The molecule has 0 saturated carbocycles. The second kappa shape index (κ2) is 4.26. The van der Waals surface area contributed by atoms with Gasteiger partial charge in [-0.1, -0.05) is 0 Å². The number of hydrogen-bond acceptors (Lipinski definition) is 3. The van der Waals surface area contributed by atoms with Crippen LogP contribution in [0, 0.1) is 6.92 Å². The highest BCUT2D eigenvalue weighted by Gasteiger charge is 2.06. The number of imidazole rings is 1. The molecule has 0 aliphatic rings. The number of hydrogen-bond donors (Lipinski definition) is 1. The van der Waals surface area contributed by atoms with E-state index in [1.165, 1.54) is 0 Å². The smallest absolute Gasteiger partial charge is 0.302 e. The van der Waals surface area contributed by atoms with Gasteiger partial charge in [-0.05, 0) is 38.1 Å². The summed E-state index contributed by atoms with van der Waals surface area (Å²) in [5, 5.41) is 9.15. The van der Waals surface area contributed by atoms with Gasteiger partial charge in [0, 0.05) is 12.7 Å². The van der Waals surface area contributed by atoms with Crippen molar-refractivity contribution >= 4 is 0 Å². The minimum atomic E-state index is 0.224. The molecule has 4 heteroatoms.